The predicted molar refractivity (Wildman–Crippen MR) is 86.7 cm³/mol. The number of ketones is 1. The quantitative estimate of drug-likeness (QED) is 0.607. The highest BCUT2D eigenvalue weighted by Crippen LogP contribution is 2.29. The zero-order valence-electron chi connectivity index (χ0n) is 11.8. The Kier molecular flexibility index (Phi) is 2.85. The highest BCUT2D eigenvalue weighted by molar-refractivity contribution is 6.03. The third-order valence-corrected chi connectivity index (χ3v) is 4.32. The number of aryl methyl sites for hydroxylation is 1. The van der Waals surface area contributed by atoms with Gasteiger partial charge >= 0.3 is 0 Å². The summed E-state index contributed by atoms with van der Waals surface area (Å²) in [6.07, 6.45) is 2.70. The van der Waals surface area contributed by atoms with Gasteiger partial charge < -0.3 is 0 Å². The number of fused-ring (bicyclic) bond motifs is 2. The van der Waals surface area contributed by atoms with E-state index in [1.54, 1.807) is 0 Å². The maximum atomic E-state index is 12.0. The second kappa shape index (κ2) is 4.85. The molecule has 1 nitrogen and oxygen atoms in total. The summed E-state index contributed by atoms with van der Waals surface area (Å²) in [5, 5.41) is 2.38. The lowest BCUT2D eigenvalue weighted by atomic mass is 9.88. The third kappa shape index (κ3) is 2.15. The van der Waals surface area contributed by atoms with Crippen molar-refractivity contribution in [3.8, 4) is 11.1 Å². The number of carbonyl (C=O) groups excluding carboxylic acids is 1. The van der Waals surface area contributed by atoms with Crippen LogP contribution in [0, 0.1) is 0 Å². The first-order chi connectivity index (χ1) is 10.3. The molecule has 0 bridgehead atoms. The molecule has 0 radical (unpaired) electrons. The Balaban J connectivity index is 1.89. The Morgan fingerprint density at radius 1 is 0.714 bits per heavy atom. The van der Waals surface area contributed by atoms with E-state index in [-0.39, 0.29) is 0 Å². The van der Waals surface area contributed by atoms with E-state index in [2.05, 4.69) is 54.6 Å². The van der Waals surface area contributed by atoms with Crippen molar-refractivity contribution in [1.29, 1.82) is 0 Å². The Labute approximate surface area is 124 Å². The Morgan fingerprint density at radius 2 is 1.57 bits per heavy atom. The van der Waals surface area contributed by atoms with Crippen LogP contribution in [0.5, 0.6) is 0 Å². The van der Waals surface area contributed by atoms with Crippen molar-refractivity contribution < 1.29 is 4.79 Å². The van der Waals surface area contributed by atoms with Gasteiger partial charge in [0.1, 0.15) is 0 Å². The van der Waals surface area contributed by atoms with Gasteiger partial charge in [-0.25, -0.2) is 0 Å². The summed E-state index contributed by atoms with van der Waals surface area (Å²) < 4.78 is 0. The fourth-order valence-corrected chi connectivity index (χ4v) is 3.20. The van der Waals surface area contributed by atoms with E-state index in [0.717, 1.165) is 23.8 Å². The monoisotopic (exact) mass is 272 g/mol. The van der Waals surface area contributed by atoms with Gasteiger partial charge in [0.05, 0.1) is 0 Å². The van der Waals surface area contributed by atoms with Crippen molar-refractivity contribution in [1.82, 2.24) is 0 Å². The van der Waals surface area contributed by atoms with Crippen LogP contribution in [-0.4, -0.2) is 5.78 Å². The molecule has 1 heteroatoms. The summed E-state index contributed by atoms with van der Waals surface area (Å²) in [6, 6.07) is 21.2. The SMILES string of the molecule is O=C1CCCc2cc3cc(-c4ccccc4)ccc3cc21. The number of carbonyl (C=O) groups is 1. The largest absolute Gasteiger partial charge is 0.294 e. The predicted octanol–water partition coefficient (Wildman–Crippen LogP) is 5.03. The second-order valence-corrected chi connectivity index (χ2v) is 5.71. The molecule has 0 N–H and O–H groups in total. The molecule has 0 saturated carbocycles. The maximum absolute atomic E-state index is 12.0. The highest BCUT2D eigenvalue weighted by Gasteiger charge is 2.17. The molecule has 102 valence electrons. The summed E-state index contributed by atoms with van der Waals surface area (Å²) in [7, 11) is 0. The number of benzene rings is 3. The summed E-state index contributed by atoms with van der Waals surface area (Å²) in [5.41, 5.74) is 4.60. The summed E-state index contributed by atoms with van der Waals surface area (Å²) in [6.45, 7) is 0. The van der Waals surface area contributed by atoms with Crippen molar-refractivity contribution in [2.75, 3.05) is 0 Å². The average Bonchev–Trinajstić information content (AvgIpc) is 2.54. The standard InChI is InChI=1S/C20H16O/c21-20-8-4-7-17-12-18-11-15(14-5-2-1-3-6-14)9-10-16(18)13-19(17)20/h1-3,5-6,9-13H,4,7-8H2. The lowest BCUT2D eigenvalue weighted by Gasteiger charge is -2.16. The molecule has 1 aliphatic rings. The van der Waals surface area contributed by atoms with Gasteiger partial charge in [0.2, 0.25) is 0 Å². The van der Waals surface area contributed by atoms with Crippen LogP contribution >= 0.6 is 0 Å². The first-order valence-electron chi connectivity index (χ1n) is 7.46. The smallest absolute Gasteiger partial charge is 0.163 e. The molecule has 0 amide bonds. The van der Waals surface area contributed by atoms with Crippen LogP contribution in [-0.2, 0) is 6.42 Å². The van der Waals surface area contributed by atoms with Gasteiger partial charge in [0.25, 0.3) is 0 Å². The molecule has 3 aromatic carbocycles. The molecule has 0 unspecified atom stereocenters. The Hall–Kier alpha value is -2.41. The fraction of sp³-hybridized carbons (Fsp3) is 0.150. The van der Waals surface area contributed by atoms with E-state index in [9.17, 15) is 4.79 Å². The Morgan fingerprint density at radius 3 is 2.43 bits per heavy atom. The van der Waals surface area contributed by atoms with Crippen LogP contribution in [0.1, 0.15) is 28.8 Å². The molecular formula is C20H16O. The summed E-state index contributed by atoms with van der Waals surface area (Å²) >= 11 is 0. The lowest BCUT2D eigenvalue weighted by Crippen LogP contribution is -2.10. The van der Waals surface area contributed by atoms with Crippen molar-refractivity contribution >= 4 is 16.6 Å². The van der Waals surface area contributed by atoms with Gasteiger partial charge in [-0.15, -0.1) is 0 Å². The maximum Gasteiger partial charge on any atom is 0.163 e. The average molecular weight is 272 g/mol. The van der Waals surface area contributed by atoms with Gasteiger partial charge in [-0.3, -0.25) is 4.79 Å². The Bertz CT molecular complexity index is 831. The molecule has 3 aromatic rings. The van der Waals surface area contributed by atoms with Crippen LogP contribution in [0.15, 0.2) is 60.7 Å². The van der Waals surface area contributed by atoms with Crippen LogP contribution < -0.4 is 0 Å². The topological polar surface area (TPSA) is 17.1 Å². The molecule has 0 saturated heterocycles. The van der Waals surface area contributed by atoms with Crippen LogP contribution in [0.4, 0.5) is 0 Å². The summed E-state index contributed by atoms with van der Waals surface area (Å²) in [4.78, 5) is 12.0. The van der Waals surface area contributed by atoms with Gasteiger partial charge in [-0.1, -0.05) is 48.5 Å². The van der Waals surface area contributed by atoms with Crippen LogP contribution in [0.3, 0.4) is 0 Å². The minimum absolute atomic E-state index is 0.297. The lowest BCUT2D eigenvalue weighted by molar-refractivity contribution is 0.0972. The number of hydrogen-bond acceptors (Lipinski definition) is 1. The second-order valence-electron chi connectivity index (χ2n) is 5.71. The minimum atomic E-state index is 0.297. The number of Topliss-reactive ketones (excluding diaryl/α,β-unsaturated/α-hetero) is 1. The molecule has 1 aliphatic carbocycles. The number of rotatable bonds is 1. The van der Waals surface area contributed by atoms with Crippen LogP contribution in [0.2, 0.25) is 0 Å². The van der Waals surface area contributed by atoms with E-state index in [1.807, 2.05) is 6.07 Å². The normalized spacial score (nSPS) is 14.2. The van der Waals surface area contributed by atoms with Gasteiger partial charge in [-0.05, 0) is 52.4 Å². The molecule has 4 rings (SSSR count). The molecule has 0 aromatic heterocycles. The van der Waals surface area contributed by atoms with Crippen molar-refractivity contribution in [3.63, 3.8) is 0 Å². The molecular weight excluding hydrogens is 256 g/mol. The first-order valence-corrected chi connectivity index (χ1v) is 7.46. The van der Waals surface area contributed by atoms with Gasteiger partial charge in [0, 0.05) is 12.0 Å². The molecule has 0 spiro atoms. The molecule has 0 aliphatic heterocycles. The summed E-state index contributed by atoms with van der Waals surface area (Å²) in [5.74, 6) is 0.297. The third-order valence-electron chi connectivity index (χ3n) is 4.32. The van der Waals surface area contributed by atoms with Crippen LogP contribution in [0.25, 0.3) is 21.9 Å². The minimum Gasteiger partial charge on any atom is -0.294 e. The van der Waals surface area contributed by atoms with E-state index < -0.39 is 0 Å². The van der Waals surface area contributed by atoms with E-state index in [4.69, 9.17) is 0 Å². The molecule has 0 fully saturated rings. The van der Waals surface area contributed by atoms with E-state index in [1.165, 1.54) is 22.1 Å². The zero-order valence-corrected chi connectivity index (χ0v) is 11.8. The highest BCUT2D eigenvalue weighted by atomic mass is 16.1. The zero-order chi connectivity index (χ0) is 14.2. The van der Waals surface area contributed by atoms with E-state index in [0.29, 0.717) is 12.2 Å². The van der Waals surface area contributed by atoms with Crippen molar-refractivity contribution in [2.45, 2.75) is 19.3 Å². The molecule has 21 heavy (non-hydrogen) atoms. The number of hydrogen-bond donors (Lipinski definition) is 0. The fourth-order valence-electron chi connectivity index (χ4n) is 3.20. The van der Waals surface area contributed by atoms with Crippen molar-refractivity contribution in [3.05, 3.63) is 71.8 Å². The molecule has 0 atom stereocenters. The van der Waals surface area contributed by atoms with E-state index >= 15 is 0 Å². The first kappa shape index (κ1) is 12.3. The molecule has 0 heterocycles. The van der Waals surface area contributed by atoms with Crippen molar-refractivity contribution in [2.24, 2.45) is 0 Å². The van der Waals surface area contributed by atoms with Gasteiger partial charge in [-0.2, -0.15) is 0 Å². The van der Waals surface area contributed by atoms with Gasteiger partial charge in [0.15, 0.2) is 5.78 Å².